The minimum atomic E-state index is -0.594. The second-order valence-electron chi connectivity index (χ2n) is 6.00. The summed E-state index contributed by atoms with van der Waals surface area (Å²) in [6, 6.07) is 1.26. The van der Waals surface area contributed by atoms with E-state index in [0.29, 0.717) is 5.92 Å². The third-order valence-electron chi connectivity index (χ3n) is 4.79. The summed E-state index contributed by atoms with van der Waals surface area (Å²) in [4.78, 5) is 22.0. The molecule has 2 fully saturated rings. The second kappa shape index (κ2) is 4.88. The van der Waals surface area contributed by atoms with Crippen molar-refractivity contribution in [3.05, 3.63) is 21.9 Å². The maximum Gasteiger partial charge on any atom is 0.343 e. The molecule has 4 atom stereocenters. The summed E-state index contributed by atoms with van der Waals surface area (Å²) in [6.07, 6.45) is 5.07. The molecule has 1 aromatic heterocycles. The van der Waals surface area contributed by atoms with Crippen LogP contribution in [0.4, 0.5) is 5.82 Å². The van der Waals surface area contributed by atoms with Crippen LogP contribution in [0.2, 0.25) is 0 Å². The third kappa shape index (κ3) is 2.28. The van der Waals surface area contributed by atoms with Gasteiger partial charge in [-0.15, -0.1) is 5.10 Å². The Bertz CT molecular complexity index is 541. The van der Waals surface area contributed by atoms with E-state index in [0.717, 1.165) is 11.8 Å². The van der Waals surface area contributed by atoms with Crippen LogP contribution in [0.15, 0.2) is 6.07 Å². The Kier molecular flexibility index (Phi) is 3.19. The number of rotatable bonds is 4. The molecule has 20 heavy (non-hydrogen) atoms. The van der Waals surface area contributed by atoms with Gasteiger partial charge in [0.15, 0.2) is 5.69 Å². The molecular weight excluding hydrogens is 260 g/mol. The Morgan fingerprint density at radius 3 is 2.90 bits per heavy atom. The van der Waals surface area contributed by atoms with Crippen molar-refractivity contribution in [1.29, 1.82) is 0 Å². The fourth-order valence-electron chi connectivity index (χ4n) is 3.82. The predicted octanol–water partition coefficient (Wildman–Crippen LogP) is 1.87. The maximum absolute atomic E-state index is 12.0. The van der Waals surface area contributed by atoms with Gasteiger partial charge in [0.25, 0.3) is 5.91 Å². The molecule has 0 spiro atoms. The van der Waals surface area contributed by atoms with Gasteiger partial charge in [-0.25, -0.2) is 0 Å². The van der Waals surface area contributed by atoms with Gasteiger partial charge in [-0.3, -0.25) is 4.79 Å². The van der Waals surface area contributed by atoms with Gasteiger partial charge in [-0.05, 0) is 48.9 Å². The summed E-state index contributed by atoms with van der Waals surface area (Å²) < 4.78 is 0. The Morgan fingerprint density at radius 1 is 1.55 bits per heavy atom. The molecule has 1 aromatic rings. The predicted molar refractivity (Wildman–Crippen MR) is 71.1 cm³/mol. The molecule has 7 heteroatoms. The van der Waals surface area contributed by atoms with Gasteiger partial charge < -0.3 is 15.4 Å². The van der Waals surface area contributed by atoms with Crippen molar-refractivity contribution in [3.8, 4) is 0 Å². The van der Waals surface area contributed by atoms with Crippen LogP contribution in [0.25, 0.3) is 0 Å². The van der Waals surface area contributed by atoms with Crippen LogP contribution >= 0.6 is 0 Å². The van der Waals surface area contributed by atoms with Crippen LogP contribution in [-0.2, 0) is 0 Å². The summed E-state index contributed by atoms with van der Waals surface area (Å²) in [6.45, 7) is 2.02. The van der Waals surface area contributed by atoms with Crippen molar-refractivity contribution in [1.82, 2.24) is 15.5 Å². The zero-order chi connectivity index (χ0) is 14.3. The minimum absolute atomic E-state index is 0.0757. The average Bonchev–Trinajstić information content (AvgIpc) is 3.14. The number of H-pyrrole nitrogens is 1. The van der Waals surface area contributed by atoms with Crippen molar-refractivity contribution in [3.63, 3.8) is 0 Å². The number of fused-ring (bicyclic) bond motifs is 2. The average molecular weight is 278 g/mol. The molecule has 3 rings (SSSR count). The zero-order valence-electron chi connectivity index (χ0n) is 11.3. The smallest absolute Gasteiger partial charge is 0.343 e. The Labute approximate surface area is 116 Å². The van der Waals surface area contributed by atoms with Gasteiger partial charge in [0.2, 0.25) is 0 Å². The largest absolute Gasteiger partial charge is 0.358 e. The van der Waals surface area contributed by atoms with Crippen molar-refractivity contribution in [2.24, 2.45) is 17.8 Å². The highest BCUT2D eigenvalue weighted by atomic mass is 16.6. The molecule has 0 saturated heterocycles. The Hall–Kier alpha value is -1.92. The third-order valence-corrected chi connectivity index (χ3v) is 4.79. The van der Waals surface area contributed by atoms with Gasteiger partial charge in [-0.1, -0.05) is 11.5 Å². The van der Waals surface area contributed by atoms with E-state index in [1.54, 1.807) is 0 Å². The van der Waals surface area contributed by atoms with Gasteiger partial charge >= 0.3 is 5.82 Å². The van der Waals surface area contributed by atoms with Crippen molar-refractivity contribution in [2.45, 2.75) is 38.6 Å². The summed E-state index contributed by atoms with van der Waals surface area (Å²) in [7, 11) is 0. The fraction of sp³-hybridized carbons (Fsp3) is 0.692. The number of nitrogens with one attached hydrogen (secondary N) is 2. The first-order chi connectivity index (χ1) is 9.54. The first kappa shape index (κ1) is 13.1. The molecule has 0 radical (unpaired) electrons. The number of carbonyl (C=O) groups is 1. The molecule has 2 saturated carbocycles. The molecule has 4 unspecified atom stereocenters. The first-order valence-corrected chi connectivity index (χ1v) is 7.05. The Balaban J connectivity index is 1.62. The molecule has 7 nitrogen and oxygen atoms in total. The van der Waals surface area contributed by atoms with Crippen LogP contribution in [0.3, 0.4) is 0 Å². The van der Waals surface area contributed by atoms with Gasteiger partial charge in [-0.2, -0.15) is 0 Å². The van der Waals surface area contributed by atoms with E-state index >= 15 is 0 Å². The normalized spacial score (nSPS) is 29.4. The molecule has 2 bridgehead atoms. The van der Waals surface area contributed by atoms with E-state index in [2.05, 4.69) is 15.5 Å². The number of carbonyl (C=O) groups excluding carboxylic acids is 1. The lowest BCUT2D eigenvalue weighted by Crippen LogP contribution is -2.40. The van der Waals surface area contributed by atoms with Gasteiger partial charge in [0.05, 0.1) is 6.07 Å². The van der Waals surface area contributed by atoms with E-state index in [1.807, 2.05) is 6.92 Å². The highest BCUT2D eigenvalue weighted by Gasteiger charge is 2.42. The van der Waals surface area contributed by atoms with Crippen LogP contribution in [0.1, 0.15) is 43.1 Å². The minimum Gasteiger partial charge on any atom is -0.358 e. The van der Waals surface area contributed by atoms with Crippen LogP contribution in [0.5, 0.6) is 0 Å². The number of nitrogens with zero attached hydrogens (tertiary/aromatic N) is 2. The van der Waals surface area contributed by atoms with E-state index in [-0.39, 0.29) is 23.5 Å². The maximum atomic E-state index is 12.0. The fourth-order valence-corrected chi connectivity index (χ4v) is 3.82. The number of aromatic amines is 1. The van der Waals surface area contributed by atoms with Crippen LogP contribution < -0.4 is 5.32 Å². The zero-order valence-corrected chi connectivity index (χ0v) is 11.3. The number of nitro groups is 1. The lowest BCUT2D eigenvalue weighted by Gasteiger charge is -2.28. The second-order valence-corrected chi connectivity index (χ2v) is 6.00. The summed E-state index contributed by atoms with van der Waals surface area (Å²) >= 11 is 0. The molecule has 1 heterocycles. The van der Waals surface area contributed by atoms with E-state index in [1.165, 1.54) is 31.7 Å². The van der Waals surface area contributed by atoms with Crippen molar-refractivity contribution < 1.29 is 9.72 Å². The number of hydrogen-bond acceptors (Lipinski definition) is 4. The van der Waals surface area contributed by atoms with Crippen molar-refractivity contribution in [2.75, 3.05) is 0 Å². The molecule has 0 aliphatic heterocycles. The van der Waals surface area contributed by atoms with Crippen LogP contribution in [-0.4, -0.2) is 27.1 Å². The standard InChI is InChI=1S/C13H18N4O3/c1-7(10-5-8-2-3-9(10)4-8)14-13(18)11-6-12(16-15-11)17(19)20/h6-10H,2-5H2,1H3,(H,14,18)(H,15,16). The number of amides is 1. The topological polar surface area (TPSA) is 101 Å². The quantitative estimate of drug-likeness (QED) is 0.648. The molecule has 2 N–H and O–H groups in total. The van der Waals surface area contributed by atoms with Crippen molar-refractivity contribution >= 4 is 11.7 Å². The molecular formula is C13H18N4O3. The van der Waals surface area contributed by atoms with Gasteiger partial charge in [0.1, 0.15) is 0 Å². The summed E-state index contributed by atoms with van der Waals surface area (Å²) in [5.41, 5.74) is 0.0757. The number of aromatic nitrogens is 2. The summed E-state index contributed by atoms with van der Waals surface area (Å²) in [5, 5.41) is 19.4. The van der Waals surface area contributed by atoms with E-state index < -0.39 is 4.92 Å². The lowest BCUT2D eigenvalue weighted by molar-refractivity contribution is -0.389. The summed E-state index contributed by atoms with van der Waals surface area (Å²) in [5.74, 6) is 1.48. The molecule has 108 valence electrons. The van der Waals surface area contributed by atoms with Crippen LogP contribution in [0, 0.1) is 27.9 Å². The monoisotopic (exact) mass is 278 g/mol. The van der Waals surface area contributed by atoms with E-state index in [9.17, 15) is 14.9 Å². The molecule has 1 amide bonds. The Morgan fingerprint density at radius 2 is 2.35 bits per heavy atom. The first-order valence-electron chi connectivity index (χ1n) is 7.05. The highest BCUT2D eigenvalue weighted by molar-refractivity contribution is 5.92. The number of hydrogen-bond donors (Lipinski definition) is 2. The van der Waals surface area contributed by atoms with Gasteiger partial charge in [0, 0.05) is 6.04 Å². The lowest BCUT2D eigenvalue weighted by atomic mass is 9.84. The highest BCUT2D eigenvalue weighted by Crippen LogP contribution is 2.49. The molecule has 0 aromatic carbocycles. The van der Waals surface area contributed by atoms with E-state index in [4.69, 9.17) is 0 Å². The molecule has 2 aliphatic carbocycles. The SMILES string of the molecule is CC(NC(=O)c1cc([N+](=O)[O-])[nH]n1)C1CC2CCC1C2. The molecule has 2 aliphatic rings.